The molecule has 4 heteroatoms. The van der Waals surface area contributed by atoms with Gasteiger partial charge in [-0.1, -0.05) is 13.8 Å². The summed E-state index contributed by atoms with van der Waals surface area (Å²) in [5.41, 5.74) is -0.307. The number of rotatable bonds is 11. The molecule has 0 unspecified atom stereocenters. The SMILES string of the molecule is CCOCCN(CCOCC)CC(C)(C)C(C)=O. The normalized spacial score (nSPS) is 12.1. The Balaban J connectivity index is 4.22. The fourth-order valence-corrected chi connectivity index (χ4v) is 1.62. The van der Waals surface area contributed by atoms with Gasteiger partial charge in [0.15, 0.2) is 0 Å². The molecule has 0 heterocycles. The summed E-state index contributed by atoms with van der Waals surface area (Å²) in [4.78, 5) is 13.8. The van der Waals surface area contributed by atoms with Gasteiger partial charge >= 0.3 is 0 Å². The molecule has 108 valence electrons. The fraction of sp³-hybridized carbons (Fsp3) is 0.929. The van der Waals surface area contributed by atoms with E-state index in [1.54, 1.807) is 6.92 Å². The lowest BCUT2D eigenvalue weighted by molar-refractivity contribution is -0.126. The molecule has 0 aromatic carbocycles. The standard InChI is InChI=1S/C14H29NO3/c1-6-17-10-8-15(9-11-18-7-2)12-14(4,5)13(3)16/h6-12H2,1-5H3. The van der Waals surface area contributed by atoms with Crippen LogP contribution in [0.4, 0.5) is 0 Å². The molecule has 0 fully saturated rings. The lowest BCUT2D eigenvalue weighted by atomic mass is 9.88. The van der Waals surface area contributed by atoms with Crippen molar-refractivity contribution in [2.45, 2.75) is 34.6 Å². The number of carbonyl (C=O) groups excluding carboxylic acids is 1. The summed E-state index contributed by atoms with van der Waals surface area (Å²) in [6.07, 6.45) is 0. The summed E-state index contributed by atoms with van der Waals surface area (Å²) in [7, 11) is 0. The number of carbonyl (C=O) groups is 1. The van der Waals surface area contributed by atoms with Gasteiger partial charge in [-0.15, -0.1) is 0 Å². The summed E-state index contributed by atoms with van der Waals surface area (Å²) >= 11 is 0. The predicted molar refractivity (Wildman–Crippen MR) is 73.9 cm³/mol. The molecule has 0 aliphatic carbocycles. The first-order chi connectivity index (χ1) is 8.44. The molecule has 0 amide bonds. The van der Waals surface area contributed by atoms with Gasteiger partial charge in [0.05, 0.1) is 13.2 Å². The molecule has 0 atom stereocenters. The first kappa shape index (κ1) is 17.6. The molecule has 0 spiro atoms. The molecule has 0 saturated heterocycles. The lowest BCUT2D eigenvalue weighted by Gasteiger charge is -2.30. The molecule has 18 heavy (non-hydrogen) atoms. The monoisotopic (exact) mass is 259 g/mol. The van der Waals surface area contributed by atoms with Crippen molar-refractivity contribution < 1.29 is 14.3 Å². The topological polar surface area (TPSA) is 38.8 Å². The van der Waals surface area contributed by atoms with Crippen molar-refractivity contribution in [3.8, 4) is 0 Å². The third-order valence-corrected chi connectivity index (χ3v) is 3.08. The van der Waals surface area contributed by atoms with Gasteiger partial charge in [-0.2, -0.15) is 0 Å². The largest absolute Gasteiger partial charge is 0.380 e. The highest BCUT2D eigenvalue weighted by Gasteiger charge is 2.26. The Kier molecular flexibility index (Phi) is 9.24. The lowest BCUT2D eigenvalue weighted by Crippen LogP contribution is -2.41. The second-order valence-electron chi connectivity index (χ2n) is 5.11. The van der Waals surface area contributed by atoms with Gasteiger partial charge < -0.3 is 9.47 Å². The molecular formula is C14H29NO3. The Bertz CT molecular complexity index is 219. The molecule has 0 radical (unpaired) electrons. The molecule has 0 aliphatic heterocycles. The zero-order valence-corrected chi connectivity index (χ0v) is 12.6. The van der Waals surface area contributed by atoms with E-state index in [-0.39, 0.29) is 11.2 Å². The average molecular weight is 259 g/mol. The number of Topliss-reactive ketones (excluding diaryl/α,β-unsaturated/α-hetero) is 1. The van der Waals surface area contributed by atoms with E-state index in [4.69, 9.17) is 9.47 Å². The van der Waals surface area contributed by atoms with Crippen LogP contribution in [0.15, 0.2) is 0 Å². The van der Waals surface area contributed by atoms with E-state index in [2.05, 4.69) is 4.90 Å². The van der Waals surface area contributed by atoms with E-state index < -0.39 is 0 Å². The number of ketones is 1. The molecule has 0 aliphatic rings. The molecule has 0 N–H and O–H groups in total. The number of nitrogens with zero attached hydrogens (tertiary/aromatic N) is 1. The van der Waals surface area contributed by atoms with Crippen LogP contribution in [-0.2, 0) is 14.3 Å². The fourth-order valence-electron chi connectivity index (χ4n) is 1.62. The summed E-state index contributed by atoms with van der Waals surface area (Å²) in [6, 6.07) is 0. The number of ether oxygens (including phenoxy) is 2. The highest BCUT2D eigenvalue weighted by atomic mass is 16.5. The molecule has 0 saturated carbocycles. The third kappa shape index (κ3) is 7.80. The minimum atomic E-state index is -0.307. The zero-order valence-electron chi connectivity index (χ0n) is 12.6. The van der Waals surface area contributed by atoms with Crippen molar-refractivity contribution in [3.63, 3.8) is 0 Å². The maximum atomic E-state index is 11.6. The Morgan fingerprint density at radius 3 is 1.83 bits per heavy atom. The highest BCUT2D eigenvalue weighted by molar-refractivity contribution is 5.81. The second-order valence-corrected chi connectivity index (χ2v) is 5.11. The van der Waals surface area contributed by atoms with Crippen molar-refractivity contribution in [3.05, 3.63) is 0 Å². The van der Waals surface area contributed by atoms with E-state index in [0.29, 0.717) is 13.2 Å². The van der Waals surface area contributed by atoms with Gasteiger partial charge in [-0.25, -0.2) is 0 Å². The van der Waals surface area contributed by atoms with Crippen LogP contribution >= 0.6 is 0 Å². The van der Waals surface area contributed by atoms with Crippen LogP contribution in [0.3, 0.4) is 0 Å². The Hall–Kier alpha value is -0.450. The number of hydrogen-bond acceptors (Lipinski definition) is 4. The minimum Gasteiger partial charge on any atom is -0.380 e. The van der Waals surface area contributed by atoms with Crippen molar-refractivity contribution in [1.82, 2.24) is 4.90 Å². The molecular weight excluding hydrogens is 230 g/mol. The Labute approximate surface area is 112 Å². The molecule has 0 rings (SSSR count). The van der Waals surface area contributed by atoms with Gasteiger partial charge in [0.2, 0.25) is 0 Å². The summed E-state index contributed by atoms with van der Waals surface area (Å²) in [5, 5.41) is 0. The summed E-state index contributed by atoms with van der Waals surface area (Å²) in [6.45, 7) is 14.9. The Morgan fingerprint density at radius 2 is 1.50 bits per heavy atom. The van der Waals surface area contributed by atoms with Gasteiger partial charge in [-0.3, -0.25) is 9.69 Å². The van der Waals surface area contributed by atoms with Crippen molar-refractivity contribution in [1.29, 1.82) is 0 Å². The van der Waals surface area contributed by atoms with Crippen molar-refractivity contribution >= 4 is 5.78 Å². The first-order valence-corrected chi connectivity index (χ1v) is 6.83. The zero-order chi connectivity index (χ0) is 14.0. The van der Waals surface area contributed by atoms with Gasteiger partial charge in [0, 0.05) is 38.3 Å². The quantitative estimate of drug-likeness (QED) is 0.532. The van der Waals surface area contributed by atoms with Crippen LogP contribution < -0.4 is 0 Å². The van der Waals surface area contributed by atoms with Crippen LogP contribution in [0.25, 0.3) is 0 Å². The first-order valence-electron chi connectivity index (χ1n) is 6.83. The van der Waals surface area contributed by atoms with Gasteiger partial charge in [0.25, 0.3) is 0 Å². The smallest absolute Gasteiger partial charge is 0.136 e. The second kappa shape index (κ2) is 9.48. The third-order valence-electron chi connectivity index (χ3n) is 3.08. The van der Waals surface area contributed by atoms with E-state index in [1.807, 2.05) is 27.7 Å². The molecule has 0 bridgehead atoms. The van der Waals surface area contributed by atoms with Gasteiger partial charge in [-0.05, 0) is 20.8 Å². The Morgan fingerprint density at radius 1 is 1.06 bits per heavy atom. The molecule has 0 aromatic heterocycles. The molecule has 0 aromatic rings. The summed E-state index contributed by atoms with van der Waals surface area (Å²) < 4.78 is 10.8. The van der Waals surface area contributed by atoms with Crippen LogP contribution in [-0.4, -0.2) is 56.7 Å². The highest BCUT2D eigenvalue weighted by Crippen LogP contribution is 2.18. The van der Waals surface area contributed by atoms with E-state index in [0.717, 1.165) is 32.8 Å². The van der Waals surface area contributed by atoms with Crippen LogP contribution in [0, 0.1) is 5.41 Å². The predicted octanol–water partition coefficient (Wildman–Crippen LogP) is 1.98. The molecule has 4 nitrogen and oxygen atoms in total. The van der Waals surface area contributed by atoms with Crippen LogP contribution in [0.2, 0.25) is 0 Å². The van der Waals surface area contributed by atoms with Crippen LogP contribution in [0.5, 0.6) is 0 Å². The van der Waals surface area contributed by atoms with Crippen molar-refractivity contribution in [2.75, 3.05) is 46.1 Å². The van der Waals surface area contributed by atoms with Crippen molar-refractivity contribution in [2.24, 2.45) is 5.41 Å². The maximum Gasteiger partial charge on any atom is 0.136 e. The van der Waals surface area contributed by atoms with E-state index in [9.17, 15) is 4.79 Å². The van der Waals surface area contributed by atoms with Crippen LogP contribution in [0.1, 0.15) is 34.6 Å². The van der Waals surface area contributed by atoms with Gasteiger partial charge in [0.1, 0.15) is 5.78 Å². The van der Waals surface area contributed by atoms with E-state index in [1.165, 1.54) is 0 Å². The maximum absolute atomic E-state index is 11.6. The van der Waals surface area contributed by atoms with E-state index >= 15 is 0 Å². The number of hydrogen-bond donors (Lipinski definition) is 0. The summed E-state index contributed by atoms with van der Waals surface area (Å²) in [5.74, 6) is 0.223. The minimum absolute atomic E-state index is 0.223. The average Bonchev–Trinajstić information content (AvgIpc) is 2.28.